The Balaban J connectivity index is 1.76. The Kier molecular flexibility index (Phi) is 3.45. The molecule has 5 nitrogen and oxygen atoms in total. The van der Waals surface area contributed by atoms with Gasteiger partial charge in [0.15, 0.2) is 0 Å². The van der Waals surface area contributed by atoms with Crippen molar-refractivity contribution < 1.29 is 19.4 Å². The first-order valence-electron chi connectivity index (χ1n) is 7.24. The zero-order chi connectivity index (χ0) is 15.0. The molecule has 1 amide bonds. The van der Waals surface area contributed by atoms with Gasteiger partial charge in [0, 0.05) is 6.54 Å². The maximum atomic E-state index is 12.5. The number of benzene rings is 1. The number of hydrogen-bond acceptors (Lipinski definition) is 3. The van der Waals surface area contributed by atoms with E-state index in [0.717, 1.165) is 11.1 Å². The maximum Gasteiger partial charge on any atom is 0.319 e. The lowest BCUT2D eigenvalue weighted by atomic mass is 10.0. The first kappa shape index (κ1) is 14.1. The lowest BCUT2D eigenvalue weighted by Crippen LogP contribution is -2.47. The van der Waals surface area contributed by atoms with Crippen LogP contribution in [0.3, 0.4) is 0 Å². The van der Waals surface area contributed by atoms with E-state index in [1.807, 2.05) is 31.2 Å². The van der Waals surface area contributed by atoms with Crippen LogP contribution < -0.4 is 0 Å². The highest BCUT2D eigenvalue weighted by Gasteiger charge is 2.58. The van der Waals surface area contributed by atoms with Gasteiger partial charge in [0.05, 0.1) is 13.2 Å². The number of nitrogens with zero attached hydrogens (tertiary/aromatic N) is 1. The lowest BCUT2D eigenvalue weighted by Gasteiger charge is -2.35. The molecule has 0 aromatic heterocycles. The molecule has 1 saturated carbocycles. The van der Waals surface area contributed by atoms with Crippen molar-refractivity contribution in [3.63, 3.8) is 0 Å². The molecule has 1 N–H and O–H groups in total. The average molecular weight is 289 g/mol. The summed E-state index contributed by atoms with van der Waals surface area (Å²) in [6, 6.07) is 7.93. The number of hydrogen-bond donors (Lipinski definition) is 1. The van der Waals surface area contributed by atoms with E-state index in [0.29, 0.717) is 32.5 Å². The second-order valence-corrected chi connectivity index (χ2v) is 5.85. The molecular weight excluding hydrogens is 270 g/mol. The molecule has 2 fully saturated rings. The molecule has 0 spiro atoms. The van der Waals surface area contributed by atoms with Crippen LogP contribution in [0.4, 0.5) is 0 Å². The van der Waals surface area contributed by atoms with Gasteiger partial charge in [-0.15, -0.1) is 0 Å². The van der Waals surface area contributed by atoms with E-state index in [-0.39, 0.29) is 12.0 Å². The van der Waals surface area contributed by atoms with Crippen LogP contribution in [0.1, 0.15) is 30.1 Å². The largest absolute Gasteiger partial charge is 0.480 e. The van der Waals surface area contributed by atoms with Crippen LogP contribution in [0.15, 0.2) is 24.3 Å². The summed E-state index contributed by atoms with van der Waals surface area (Å²) in [5.74, 6) is -1.25. The Morgan fingerprint density at radius 3 is 2.67 bits per heavy atom. The molecule has 1 aliphatic carbocycles. The maximum absolute atomic E-state index is 12.5. The zero-order valence-corrected chi connectivity index (χ0v) is 12.0. The minimum absolute atomic E-state index is 0.173. The molecule has 1 aromatic carbocycles. The third-order valence-corrected chi connectivity index (χ3v) is 4.46. The van der Waals surface area contributed by atoms with Crippen LogP contribution in [-0.4, -0.2) is 41.6 Å². The number of morpholine rings is 1. The summed E-state index contributed by atoms with van der Waals surface area (Å²) in [5.41, 5.74) is 1.03. The average Bonchev–Trinajstić information content (AvgIpc) is 3.29. The molecule has 0 unspecified atom stereocenters. The predicted molar refractivity (Wildman–Crippen MR) is 75.8 cm³/mol. The Labute approximate surface area is 123 Å². The van der Waals surface area contributed by atoms with Crippen LogP contribution in [-0.2, 0) is 14.3 Å². The van der Waals surface area contributed by atoms with E-state index in [4.69, 9.17) is 4.74 Å². The van der Waals surface area contributed by atoms with Crippen LogP contribution in [0.25, 0.3) is 0 Å². The normalized spacial score (nSPS) is 23.7. The third-order valence-electron chi connectivity index (χ3n) is 4.46. The Morgan fingerprint density at radius 2 is 2.05 bits per heavy atom. The second kappa shape index (κ2) is 5.15. The molecular formula is C16H19NO4. The number of amides is 1. The molecule has 3 rings (SSSR count). The number of carbonyl (C=O) groups excluding carboxylic acids is 1. The fraction of sp³-hybridized carbons (Fsp3) is 0.500. The molecule has 1 aromatic rings. The summed E-state index contributed by atoms with van der Waals surface area (Å²) in [6.45, 7) is 3.36. The smallest absolute Gasteiger partial charge is 0.319 e. The Morgan fingerprint density at radius 1 is 1.33 bits per heavy atom. The van der Waals surface area contributed by atoms with Crippen molar-refractivity contribution in [2.24, 2.45) is 5.41 Å². The van der Waals surface area contributed by atoms with E-state index in [1.54, 1.807) is 4.90 Å². The Hall–Kier alpha value is -1.88. The molecule has 21 heavy (non-hydrogen) atoms. The first-order chi connectivity index (χ1) is 10.0. The van der Waals surface area contributed by atoms with Crippen molar-refractivity contribution in [1.82, 2.24) is 4.90 Å². The van der Waals surface area contributed by atoms with Gasteiger partial charge in [0.2, 0.25) is 5.91 Å². The second-order valence-electron chi connectivity index (χ2n) is 5.85. The highest BCUT2D eigenvalue weighted by atomic mass is 16.5. The molecule has 1 heterocycles. The van der Waals surface area contributed by atoms with E-state index in [2.05, 4.69) is 0 Å². The van der Waals surface area contributed by atoms with Crippen molar-refractivity contribution in [2.45, 2.75) is 25.9 Å². The molecule has 0 bridgehead atoms. The van der Waals surface area contributed by atoms with Crippen molar-refractivity contribution in [2.75, 3.05) is 19.7 Å². The number of carbonyl (C=O) groups is 2. The van der Waals surface area contributed by atoms with Gasteiger partial charge in [-0.25, -0.2) is 0 Å². The van der Waals surface area contributed by atoms with E-state index >= 15 is 0 Å². The number of rotatable bonds is 3. The molecule has 1 aliphatic heterocycles. The van der Waals surface area contributed by atoms with Crippen molar-refractivity contribution in [3.8, 4) is 0 Å². The molecule has 1 atom stereocenters. The monoisotopic (exact) mass is 289 g/mol. The topological polar surface area (TPSA) is 66.8 Å². The summed E-state index contributed by atoms with van der Waals surface area (Å²) in [4.78, 5) is 25.4. The van der Waals surface area contributed by atoms with Gasteiger partial charge in [0.25, 0.3) is 0 Å². The van der Waals surface area contributed by atoms with Crippen LogP contribution in [0, 0.1) is 12.3 Å². The number of carboxylic acids is 1. The Bertz CT molecular complexity index is 579. The van der Waals surface area contributed by atoms with Gasteiger partial charge in [-0.05, 0) is 30.9 Å². The molecule has 0 radical (unpaired) electrons. The molecule has 1 saturated heterocycles. The fourth-order valence-electron chi connectivity index (χ4n) is 2.92. The summed E-state index contributed by atoms with van der Waals surface area (Å²) in [6.07, 6.45) is 0.731. The van der Waals surface area contributed by atoms with Gasteiger partial charge in [-0.2, -0.15) is 0 Å². The number of carboxylic acid groups (broad SMARTS) is 1. The van der Waals surface area contributed by atoms with Gasteiger partial charge in [0.1, 0.15) is 11.5 Å². The minimum Gasteiger partial charge on any atom is -0.480 e. The summed E-state index contributed by atoms with van der Waals surface area (Å²) in [5, 5.41) is 9.25. The summed E-state index contributed by atoms with van der Waals surface area (Å²) >= 11 is 0. The van der Waals surface area contributed by atoms with Gasteiger partial charge < -0.3 is 14.7 Å². The highest BCUT2D eigenvalue weighted by Crippen LogP contribution is 2.48. The predicted octanol–water partition coefficient (Wildman–Crippen LogP) is 1.76. The minimum atomic E-state index is -1.16. The SMILES string of the molecule is Cc1ccccc1[C@H]1CN(C(=O)C2(C(=O)O)CC2)CCO1. The van der Waals surface area contributed by atoms with Gasteiger partial charge in [-0.3, -0.25) is 9.59 Å². The van der Waals surface area contributed by atoms with Crippen molar-refractivity contribution in [1.29, 1.82) is 0 Å². The standard InChI is InChI=1S/C16H19NO4/c1-11-4-2-3-5-12(11)13-10-17(8-9-21-13)14(18)16(6-7-16)15(19)20/h2-5,13H,6-10H2,1H3,(H,19,20)/t13-/m1/s1. The van der Waals surface area contributed by atoms with Crippen LogP contribution in [0.5, 0.6) is 0 Å². The fourth-order valence-corrected chi connectivity index (χ4v) is 2.92. The summed E-state index contributed by atoms with van der Waals surface area (Å²) < 4.78 is 5.78. The first-order valence-corrected chi connectivity index (χ1v) is 7.24. The van der Waals surface area contributed by atoms with E-state index in [9.17, 15) is 14.7 Å². The quantitative estimate of drug-likeness (QED) is 0.861. The summed E-state index contributed by atoms with van der Waals surface area (Å²) in [7, 11) is 0. The van der Waals surface area contributed by atoms with E-state index < -0.39 is 11.4 Å². The van der Waals surface area contributed by atoms with Gasteiger partial charge in [-0.1, -0.05) is 24.3 Å². The number of ether oxygens (including phenoxy) is 1. The molecule has 5 heteroatoms. The van der Waals surface area contributed by atoms with Crippen LogP contribution in [0.2, 0.25) is 0 Å². The van der Waals surface area contributed by atoms with Crippen molar-refractivity contribution in [3.05, 3.63) is 35.4 Å². The molecule has 112 valence electrons. The highest BCUT2D eigenvalue weighted by molar-refractivity contribution is 6.04. The van der Waals surface area contributed by atoms with Crippen LogP contribution >= 0.6 is 0 Å². The van der Waals surface area contributed by atoms with Crippen molar-refractivity contribution >= 4 is 11.9 Å². The molecule has 2 aliphatic rings. The lowest BCUT2D eigenvalue weighted by molar-refractivity contribution is -0.157. The third kappa shape index (κ3) is 2.42. The van der Waals surface area contributed by atoms with Gasteiger partial charge >= 0.3 is 5.97 Å². The number of aliphatic carboxylic acids is 1. The van der Waals surface area contributed by atoms with E-state index in [1.165, 1.54) is 0 Å². The zero-order valence-electron chi connectivity index (χ0n) is 12.0. The number of aryl methyl sites for hydroxylation is 1.